The van der Waals surface area contributed by atoms with Gasteiger partial charge in [0.2, 0.25) is 0 Å². The average Bonchev–Trinajstić information content (AvgIpc) is 2.27. The number of hydrogen-bond donors (Lipinski definition) is 0. The largest absolute Gasteiger partial charge is 0.485 e. The fourth-order valence-corrected chi connectivity index (χ4v) is 1.50. The van der Waals surface area contributed by atoms with Crippen molar-refractivity contribution in [1.29, 1.82) is 0 Å². The molecule has 0 radical (unpaired) electrons. The van der Waals surface area contributed by atoms with Crippen molar-refractivity contribution in [2.24, 2.45) is 0 Å². The topological polar surface area (TPSA) is 43.4 Å². The van der Waals surface area contributed by atoms with E-state index in [1.807, 2.05) is 0 Å². The fourth-order valence-electron chi connectivity index (χ4n) is 1.33. The summed E-state index contributed by atoms with van der Waals surface area (Å²) in [5, 5.41) is 0.468. The smallest absolute Gasteiger partial charge is 0.177 e. The lowest BCUT2D eigenvalue weighted by Gasteiger charge is -2.04. The summed E-state index contributed by atoms with van der Waals surface area (Å²) < 4.78 is 5.16. The quantitative estimate of drug-likeness (QED) is 0.614. The fraction of sp³-hybridized carbons (Fsp3) is 0.200. The van der Waals surface area contributed by atoms with Gasteiger partial charge in [0.15, 0.2) is 11.6 Å². The van der Waals surface area contributed by atoms with E-state index in [2.05, 4.69) is 0 Å². The third-order valence-electron chi connectivity index (χ3n) is 1.99. The maximum absolute atomic E-state index is 11.5. The predicted octanol–water partition coefficient (Wildman–Crippen LogP) is 1.87. The normalized spacial score (nSPS) is 15.8. The van der Waals surface area contributed by atoms with Crippen LogP contribution < -0.4 is 4.74 Å². The van der Waals surface area contributed by atoms with Crippen molar-refractivity contribution in [2.75, 3.05) is 6.61 Å². The number of ether oxygens (including phenoxy) is 1. The summed E-state index contributed by atoms with van der Waals surface area (Å²) in [6.45, 7) is -0.0413. The number of carbonyl (C=O) groups is 2. The molecule has 0 amide bonds. The molecule has 1 aromatic carbocycles. The minimum absolute atomic E-state index is 0.0413. The van der Waals surface area contributed by atoms with Crippen molar-refractivity contribution in [3.05, 3.63) is 28.8 Å². The van der Waals surface area contributed by atoms with Gasteiger partial charge in [0.25, 0.3) is 0 Å². The van der Waals surface area contributed by atoms with Crippen LogP contribution in [0.3, 0.4) is 0 Å². The molecule has 0 bridgehead atoms. The molecule has 2 rings (SSSR count). The van der Waals surface area contributed by atoms with Gasteiger partial charge in [0.1, 0.15) is 12.4 Å². The summed E-state index contributed by atoms with van der Waals surface area (Å²) in [5.74, 6) is -0.00225. The first kappa shape index (κ1) is 9.21. The molecule has 0 saturated carbocycles. The van der Waals surface area contributed by atoms with Crippen LogP contribution in [0.2, 0.25) is 5.02 Å². The van der Waals surface area contributed by atoms with Crippen molar-refractivity contribution in [1.82, 2.24) is 0 Å². The Labute approximate surface area is 85.6 Å². The van der Waals surface area contributed by atoms with E-state index in [1.165, 1.54) is 6.07 Å². The highest BCUT2D eigenvalue weighted by molar-refractivity contribution is 6.31. The molecular formula is C10H7ClO3. The highest BCUT2D eigenvalue weighted by atomic mass is 35.5. The molecule has 0 fully saturated rings. The molecule has 0 atom stereocenters. The van der Waals surface area contributed by atoms with Crippen LogP contribution in [0, 0.1) is 0 Å². The lowest BCUT2D eigenvalue weighted by Crippen LogP contribution is -2.10. The van der Waals surface area contributed by atoms with E-state index in [0.717, 1.165) is 0 Å². The van der Waals surface area contributed by atoms with Crippen LogP contribution in [0.15, 0.2) is 18.2 Å². The molecule has 0 saturated heterocycles. The molecule has 0 aromatic heterocycles. The van der Waals surface area contributed by atoms with Crippen LogP contribution in [0.25, 0.3) is 0 Å². The predicted molar refractivity (Wildman–Crippen MR) is 50.9 cm³/mol. The van der Waals surface area contributed by atoms with Gasteiger partial charge < -0.3 is 4.74 Å². The van der Waals surface area contributed by atoms with Gasteiger partial charge in [0.05, 0.1) is 12.0 Å². The highest BCUT2D eigenvalue weighted by Crippen LogP contribution is 2.26. The number of carbonyl (C=O) groups excluding carboxylic acids is 2. The molecule has 4 heteroatoms. The lowest BCUT2D eigenvalue weighted by molar-refractivity contribution is -0.119. The number of hydrogen-bond acceptors (Lipinski definition) is 3. The Hall–Kier alpha value is -1.35. The van der Waals surface area contributed by atoms with E-state index in [4.69, 9.17) is 16.3 Å². The minimum Gasteiger partial charge on any atom is -0.485 e. The van der Waals surface area contributed by atoms with Crippen molar-refractivity contribution >= 4 is 23.2 Å². The third kappa shape index (κ3) is 1.63. The second-order valence-corrected chi connectivity index (χ2v) is 3.50. The number of fused-ring (bicyclic) bond motifs is 1. The second kappa shape index (κ2) is 3.42. The monoisotopic (exact) mass is 210 g/mol. The zero-order chi connectivity index (χ0) is 10.1. The Kier molecular flexibility index (Phi) is 2.25. The van der Waals surface area contributed by atoms with Crippen molar-refractivity contribution in [2.45, 2.75) is 6.42 Å². The number of benzene rings is 1. The van der Waals surface area contributed by atoms with Gasteiger partial charge in [-0.05, 0) is 18.2 Å². The number of Topliss-reactive ketones (excluding diaryl/α,β-unsaturated/α-hetero) is 2. The molecule has 0 spiro atoms. The highest BCUT2D eigenvalue weighted by Gasteiger charge is 2.21. The number of rotatable bonds is 0. The van der Waals surface area contributed by atoms with Gasteiger partial charge in [-0.15, -0.1) is 0 Å². The van der Waals surface area contributed by atoms with E-state index in [-0.39, 0.29) is 24.6 Å². The van der Waals surface area contributed by atoms with Crippen LogP contribution in [0.5, 0.6) is 5.75 Å². The Balaban J connectivity index is 2.49. The van der Waals surface area contributed by atoms with Gasteiger partial charge in [-0.1, -0.05) is 11.6 Å². The lowest BCUT2D eigenvalue weighted by atomic mass is 10.1. The SMILES string of the molecule is O=C1COc2ccc(Cl)cc2C(=O)C1. The van der Waals surface area contributed by atoms with E-state index in [1.54, 1.807) is 12.1 Å². The van der Waals surface area contributed by atoms with Crippen LogP contribution in [0.4, 0.5) is 0 Å². The first-order valence-corrected chi connectivity index (χ1v) is 4.52. The van der Waals surface area contributed by atoms with Crippen molar-refractivity contribution < 1.29 is 14.3 Å². The van der Waals surface area contributed by atoms with E-state index in [0.29, 0.717) is 16.3 Å². The summed E-state index contributed by atoms with van der Waals surface area (Å²) in [6, 6.07) is 4.76. The number of halogens is 1. The minimum atomic E-state index is -0.231. The molecule has 1 aliphatic heterocycles. The summed E-state index contributed by atoms with van der Waals surface area (Å²) >= 11 is 5.74. The van der Waals surface area contributed by atoms with Gasteiger partial charge in [-0.25, -0.2) is 0 Å². The summed E-state index contributed by atoms with van der Waals surface area (Å²) in [7, 11) is 0. The first-order chi connectivity index (χ1) is 6.66. The molecule has 1 heterocycles. The Bertz CT molecular complexity index is 412. The zero-order valence-corrected chi connectivity index (χ0v) is 8.00. The Morgan fingerprint density at radius 2 is 2.07 bits per heavy atom. The average molecular weight is 211 g/mol. The van der Waals surface area contributed by atoms with E-state index < -0.39 is 0 Å². The van der Waals surface area contributed by atoms with Crippen LogP contribution >= 0.6 is 11.6 Å². The van der Waals surface area contributed by atoms with Crippen LogP contribution in [-0.2, 0) is 4.79 Å². The summed E-state index contributed by atoms with van der Waals surface area (Å²) in [5.41, 5.74) is 0.392. The van der Waals surface area contributed by atoms with Gasteiger partial charge >= 0.3 is 0 Å². The molecule has 14 heavy (non-hydrogen) atoms. The maximum atomic E-state index is 11.5. The molecular weight excluding hydrogens is 204 g/mol. The first-order valence-electron chi connectivity index (χ1n) is 4.14. The molecule has 0 N–H and O–H groups in total. The molecule has 0 aliphatic carbocycles. The van der Waals surface area contributed by atoms with Crippen molar-refractivity contribution in [3.8, 4) is 5.75 Å². The third-order valence-corrected chi connectivity index (χ3v) is 2.22. The standard InChI is InChI=1S/C10H7ClO3/c11-6-1-2-10-8(3-6)9(13)4-7(12)5-14-10/h1-3H,4-5H2. The molecule has 72 valence electrons. The van der Waals surface area contributed by atoms with Gasteiger partial charge in [-0.3, -0.25) is 9.59 Å². The Morgan fingerprint density at radius 1 is 1.29 bits per heavy atom. The maximum Gasteiger partial charge on any atom is 0.177 e. The van der Waals surface area contributed by atoms with Crippen LogP contribution in [-0.4, -0.2) is 18.2 Å². The van der Waals surface area contributed by atoms with Crippen molar-refractivity contribution in [3.63, 3.8) is 0 Å². The summed E-state index contributed by atoms with van der Waals surface area (Å²) in [6.07, 6.45) is -0.104. The Morgan fingerprint density at radius 3 is 2.86 bits per heavy atom. The molecule has 1 aromatic rings. The summed E-state index contributed by atoms with van der Waals surface area (Å²) in [4.78, 5) is 22.6. The zero-order valence-electron chi connectivity index (χ0n) is 7.25. The van der Waals surface area contributed by atoms with Gasteiger partial charge in [-0.2, -0.15) is 0 Å². The van der Waals surface area contributed by atoms with E-state index in [9.17, 15) is 9.59 Å². The molecule has 1 aliphatic rings. The molecule has 3 nitrogen and oxygen atoms in total. The number of ketones is 2. The van der Waals surface area contributed by atoms with Gasteiger partial charge in [0, 0.05) is 5.02 Å². The van der Waals surface area contributed by atoms with E-state index >= 15 is 0 Å². The molecule has 0 unspecified atom stereocenters. The van der Waals surface area contributed by atoms with Crippen LogP contribution in [0.1, 0.15) is 16.8 Å². The second-order valence-electron chi connectivity index (χ2n) is 3.07.